The summed E-state index contributed by atoms with van der Waals surface area (Å²) < 4.78 is 15.3. The number of rotatable bonds is 7. The maximum atomic E-state index is 13.7. The number of aryl methyl sites for hydroxylation is 1. The summed E-state index contributed by atoms with van der Waals surface area (Å²) >= 11 is 0. The van der Waals surface area contributed by atoms with Crippen molar-refractivity contribution in [3.8, 4) is 0 Å². The summed E-state index contributed by atoms with van der Waals surface area (Å²) in [6.45, 7) is 0.323. The Kier molecular flexibility index (Phi) is 5.19. The van der Waals surface area contributed by atoms with Crippen LogP contribution in [0.2, 0.25) is 0 Å². The molecule has 0 spiro atoms. The van der Waals surface area contributed by atoms with Crippen LogP contribution < -0.4 is 5.32 Å². The van der Waals surface area contributed by atoms with Gasteiger partial charge >= 0.3 is 0 Å². The number of aromatic nitrogens is 3. The molecule has 2 aromatic heterocycles. The minimum Gasteiger partial charge on any atom is -0.361 e. The zero-order chi connectivity index (χ0) is 19.3. The SMILES string of the molecule is O=C(CCCc1c[nH]c2ccccc12)Nc1ccn(Cc2ccccc2F)n1. The van der Waals surface area contributed by atoms with E-state index >= 15 is 0 Å². The molecule has 0 radical (unpaired) electrons. The summed E-state index contributed by atoms with van der Waals surface area (Å²) in [6.07, 6.45) is 5.74. The van der Waals surface area contributed by atoms with Crippen LogP contribution >= 0.6 is 0 Å². The maximum absolute atomic E-state index is 13.7. The van der Waals surface area contributed by atoms with Gasteiger partial charge in [0.2, 0.25) is 5.91 Å². The lowest BCUT2D eigenvalue weighted by atomic mass is 10.1. The molecular weight excluding hydrogens is 355 g/mol. The van der Waals surface area contributed by atoms with Gasteiger partial charge in [0.15, 0.2) is 5.82 Å². The highest BCUT2D eigenvalue weighted by atomic mass is 19.1. The van der Waals surface area contributed by atoms with Crippen LogP contribution in [0.1, 0.15) is 24.0 Å². The monoisotopic (exact) mass is 376 g/mol. The second kappa shape index (κ2) is 8.08. The topological polar surface area (TPSA) is 62.7 Å². The second-order valence-electron chi connectivity index (χ2n) is 6.75. The minimum absolute atomic E-state index is 0.0732. The predicted octanol–water partition coefficient (Wildman–Crippen LogP) is 4.51. The molecule has 1 amide bonds. The molecule has 0 aliphatic rings. The Labute approximate surface area is 162 Å². The Balaban J connectivity index is 1.28. The molecule has 0 aliphatic carbocycles. The Hall–Kier alpha value is -3.41. The van der Waals surface area contributed by atoms with Gasteiger partial charge in [0.1, 0.15) is 5.82 Å². The van der Waals surface area contributed by atoms with Gasteiger partial charge in [-0.1, -0.05) is 36.4 Å². The van der Waals surface area contributed by atoms with E-state index < -0.39 is 0 Å². The molecule has 2 aromatic carbocycles. The molecule has 6 heteroatoms. The minimum atomic E-state index is -0.263. The molecule has 2 heterocycles. The fourth-order valence-electron chi connectivity index (χ4n) is 3.30. The number of fused-ring (bicyclic) bond motifs is 1. The zero-order valence-corrected chi connectivity index (χ0v) is 15.4. The van der Waals surface area contributed by atoms with Gasteiger partial charge in [-0.2, -0.15) is 5.10 Å². The summed E-state index contributed by atoms with van der Waals surface area (Å²) in [4.78, 5) is 15.5. The number of carbonyl (C=O) groups is 1. The lowest BCUT2D eigenvalue weighted by Gasteiger charge is -2.04. The van der Waals surface area contributed by atoms with Gasteiger partial charge in [0.05, 0.1) is 6.54 Å². The number of hydrogen-bond donors (Lipinski definition) is 2. The lowest BCUT2D eigenvalue weighted by Crippen LogP contribution is -2.12. The number of amides is 1. The normalized spacial score (nSPS) is 11.0. The van der Waals surface area contributed by atoms with Crippen LogP contribution in [-0.4, -0.2) is 20.7 Å². The van der Waals surface area contributed by atoms with Crippen molar-refractivity contribution in [3.05, 3.63) is 83.9 Å². The molecule has 0 saturated heterocycles. The van der Waals surface area contributed by atoms with Crippen molar-refractivity contribution in [1.29, 1.82) is 0 Å². The standard InChI is InChI=1S/C22H21FN4O/c23-19-9-3-1-6-17(19)15-27-13-12-21(26-27)25-22(28)11-5-7-16-14-24-20-10-4-2-8-18(16)20/h1-4,6,8-10,12-14,24H,5,7,11,15H2,(H,25,26,28). The third-order valence-electron chi connectivity index (χ3n) is 4.72. The largest absolute Gasteiger partial charge is 0.361 e. The molecule has 0 atom stereocenters. The van der Waals surface area contributed by atoms with Crippen LogP contribution in [0.25, 0.3) is 10.9 Å². The van der Waals surface area contributed by atoms with E-state index in [1.54, 1.807) is 35.1 Å². The van der Waals surface area contributed by atoms with Crippen LogP contribution in [0, 0.1) is 5.82 Å². The first-order valence-electron chi connectivity index (χ1n) is 9.31. The van der Waals surface area contributed by atoms with Crippen LogP contribution in [-0.2, 0) is 17.8 Å². The summed E-state index contributed by atoms with van der Waals surface area (Å²) in [5, 5.41) is 8.31. The molecule has 0 saturated carbocycles. The Morgan fingerprint density at radius 2 is 1.89 bits per heavy atom. The summed E-state index contributed by atoms with van der Waals surface area (Å²) in [5.41, 5.74) is 2.89. The molecule has 0 fully saturated rings. The van der Waals surface area contributed by atoms with Crippen LogP contribution in [0.5, 0.6) is 0 Å². The van der Waals surface area contributed by atoms with E-state index in [0.717, 1.165) is 18.4 Å². The smallest absolute Gasteiger partial charge is 0.225 e. The highest BCUT2D eigenvalue weighted by Crippen LogP contribution is 2.19. The molecule has 0 aliphatic heterocycles. The van der Waals surface area contributed by atoms with E-state index in [9.17, 15) is 9.18 Å². The van der Waals surface area contributed by atoms with Crippen molar-refractivity contribution >= 4 is 22.6 Å². The Bertz CT molecular complexity index is 1100. The number of nitrogens with one attached hydrogen (secondary N) is 2. The van der Waals surface area contributed by atoms with Gasteiger partial charge in [-0.15, -0.1) is 0 Å². The first kappa shape index (κ1) is 18.0. The molecule has 28 heavy (non-hydrogen) atoms. The van der Waals surface area contributed by atoms with Crippen LogP contribution in [0.4, 0.5) is 10.2 Å². The van der Waals surface area contributed by atoms with Crippen molar-refractivity contribution in [1.82, 2.24) is 14.8 Å². The fraction of sp³-hybridized carbons (Fsp3) is 0.182. The van der Waals surface area contributed by atoms with E-state index in [1.165, 1.54) is 17.0 Å². The molecule has 0 unspecified atom stereocenters. The summed E-state index contributed by atoms with van der Waals surface area (Å²) in [7, 11) is 0. The molecule has 4 rings (SSSR count). The number of hydrogen-bond acceptors (Lipinski definition) is 2. The first-order chi connectivity index (χ1) is 13.7. The van der Waals surface area contributed by atoms with Gasteiger partial charge in [-0.25, -0.2) is 4.39 Å². The third-order valence-corrected chi connectivity index (χ3v) is 4.72. The third kappa shape index (κ3) is 4.11. The van der Waals surface area contributed by atoms with Crippen molar-refractivity contribution < 1.29 is 9.18 Å². The average Bonchev–Trinajstić information content (AvgIpc) is 3.31. The zero-order valence-electron chi connectivity index (χ0n) is 15.4. The number of benzene rings is 2. The van der Waals surface area contributed by atoms with Crippen LogP contribution in [0.15, 0.2) is 67.0 Å². The number of H-pyrrole nitrogens is 1. The number of carbonyl (C=O) groups excluding carboxylic acids is 1. The number of aromatic amines is 1. The van der Waals surface area contributed by atoms with E-state index in [-0.39, 0.29) is 11.7 Å². The number of nitrogens with zero attached hydrogens (tertiary/aromatic N) is 2. The lowest BCUT2D eigenvalue weighted by molar-refractivity contribution is -0.116. The molecular formula is C22H21FN4O. The van der Waals surface area contributed by atoms with Crippen LogP contribution in [0.3, 0.4) is 0 Å². The summed E-state index contributed by atoms with van der Waals surface area (Å²) in [5.74, 6) is 0.144. The Morgan fingerprint density at radius 1 is 1.07 bits per heavy atom. The van der Waals surface area contributed by atoms with E-state index in [0.29, 0.717) is 24.3 Å². The van der Waals surface area contributed by atoms with Gasteiger partial charge in [0, 0.05) is 41.3 Å². The predicted molar refractivity (Wildman–Crippen MR) is 108 cm³/mol. The van der Waals surface area contributed by atoms with Crippen molar-refractivity contribution in [2.75, 3.05) is 5.32 Å². The van der Waals surface area contributed by atoms with E-state index in [1.807, 2.05) is 24.4 Å². The molecule has 0 bridgehead atoms. The number of anilines is 1. The molecule has 4 aromatic rings. The quantitative estimate of drug-likeness (QED) is 0.498. The first-order valence-corrected chi connectivity index (χ1v) is 9.31. The molecule has 142 valence electrons. The number of halogens is 1. The summed E-state index contributed by atoms with van der Waals surface area (Å²) in [6, 6.07) is 16.5. The van der Waals surface area contributed by atoms with Gasteiger partial charge < -0.3 is 10.3 Å². The van der Waals surface area contributed by atoms with Gasteiger partial charge in [-0.3, -0.25) is 9.48 Å². The maximum Gasteiger partial charge on any atom is 0.225 e. The fourth-order valence-corrected chi connectivity index (χ4v) is 3.30. The highest BCUT2D eigenvalue weighted by molar-refractivity contribution is 5.89. The molecule has 5 nitrogen and oxygen atoms in total. The van der Waals surface area contributed by atoms with Crippen molar-refractivity contribution in [2.45, 2.75) is 25.8 Å². The molecule has 2 N–H and O–H groups in total. The average molecular weight is 376 g/mol. The number of para-hydroxylation sites is 1. The van der Waals surface area contributed by atoms with Gasteiger partial charge in [0.25, 0.3) is 0 Å². The van der Waals surface area contributed by atoms with Crippen molar-refractivity contribution in [2.24, 2.45) is 0 Å². The Morgan fingerprint density at radius 3 is 2.79 bits per heavy atom. The van der Waals surface area contributed by atoms with E-state index in [2.05, 4.69) is 21.5 Å². The highest BCUT2D eigenvalue weighted by Gasteiger charge is 2.08. The van der Waals surface area contributed by atoms with Gasteiger partial charge in [-0.05, 0) is 30.5 Å². The van der Waals surface area contributed by atoms with E-state index in [4.69, 9.17) is 0 Å². The second-order valence-corrected chi connectivity index (χ2v) is 6.75. The van der Waals surface area contributed by atoms with Crippen molar-refractivity contribution in [3.63, 3.8) is 0 Å².